The first-order chi connectivity index (χ1) is 13.9. The van der Waals surface area contributed by atoms with Crippen LogP contribution in [0.4, 0.5) is 4.39 Å². The molecule has 3 N–H and O–H groups in total. The van der Waals surface area contributed by atoms with Crippen LogP contribution in [0.25, 0.3) is 0 Å². The Bertz CT molecular complexity index is 722. The minimum absolute atomic E-state index is 0.00298. The average molecular weight is 423 g/mol. The number of halogens is 1. The van der Waals surface area contributed by atoms with E-state index >= 15 is 0 Å². The van der Waals surface area contributed by atoms with Crippen LogP contribution in [-0.4, -0.2) is 53.5 Å². The Hall–Kier alpha value is -2.22. The van der Waals surface area contributed by atoms with Crippen LogP contribution in [0, 0.1) is 11.7 Å². The first-order valence-electron chi connectivity index (χ1n) is 10.3. The lowest BCUT2D eigenvalue weighted by molar-refractivity contribution is -0.125. The molecule has 0 aromatic heterocycles. The first kappa shape index (κ1) is 23.1. The van der Waals surface area contributed by atoms with Crippen molar-refractivity contribution in [3.63, 3.8) is 0 Å². The molecule has 0 saturated carbocycles. The van der Waals surface area contributed by atoms with Crippen LogP contribution >= 0.6 is 12.2 Å². The van der Waals surface area contributed by atoms with Crippen molar-refractivity contribution in [1.29, 1.82) is 0 Å². The van der Waals surface area contributed by atoms with Crippen molar-refractivity contribution < 1.29 is 14.0 Å². The van der Waals surface area contributed by atoms with Gasteiger partial charge in [-0.2, -0.15) is 0 Å². The maximum absolute atomic E-state index is 14.0. The standard InChI is InChI=1S/C21H31FN4O2S/c1-4-14(3)24-20(28)18(25-19(27)16-8-6-7-9-17(16)22)15-10-12-26(13-11-15)21(29)23-5-2/h6-9,14-15,18H,4-5,10-13H2,1-3H3,(H,23,29)(H,24,28)(H,25,27)/t14-,18-/m1/s1. The third kappa shape index (κ3) is 6.39. The summed E-state index contributed by atoms with van der Waals surface area (Å²) in [5.74, 6) is -1.44. The summed E-state index contributed by atoms with van der Waals surface area (Å²) in [7, 11) is 0. The quantitative estimate of drug-likeness (QED) is 0.589. The van der Waals surface area contributed by atoms with Gasteiger partial charge in [0.15, 0.2) is 5.11 Å². The normalized spacial score (nSPS) is 16.6. The largest absolute Gasteiger partial charge is 0.363 e. The third-order valence-corrected chi connectivity index (χ3v) is 5.72. The van der Waals surface area contributed by atoms with E-state index in [4.69, 9.17) is 12.2 Å². The summed E-state index contributed by atoms with van der Waals surface area (Å²) in [6, 6.07) is 5.08. The number of piperidine rings is 1. The van der Waals surface area contributed by atoms with Crippen LogP contribution in [0.5, 0.6) is 0 Å². The lowest BCUT2D eigenvalue weighted by atomic mass is 9.88. The van der Waals surface area contributed by atoms with Gasteiger partial charge in [-0.05, 0) is 63.4 Å². The van der Waals surface area contributed by atoms with E-state index in [2.05, 4.69) is 20.9 Å². The van der Waals surface area contributed by atoms with E-state index in [1.807, 2.05) is 20.8 Å². The lowest BCUT2D eigenvalue weighted by Gasteiger charge is -2.37. The molecule has 160 valence electrons. The number of nitrogens with zero attached hydrogens (tertiary/aromatic N) is 1. The zero-order valence-electron chi connectivity index (χ0n) is 17.3. The molecule has 0 unspecified atom stereocenters. The van der Waals surface area contributed by atoms with Crippen molar-refractivity contribution in [2.45, 2.75) is 52.1 Å². The van der Waals surface area contributed by atoms with Crippen molar-refractivity contribution >= 4 is 29.1 Å². The zero-order chi connectivity index (χ0) is 21.4. The maximum atomic E-state index is 14.0. The molecule has 8 heteroatoms. The fourth-order valence-electron chi connectivity index (χ4n) is 3.40. The van der Waals surface area contributed by atoms with Crippen LogP contribution in [0.3, 0.4) is 0 Å². The number of hydrogen-bond donors (Lipinski definition) is 3. The highest BCUT2D eigenvalue weighted by Crippen LogP contribution is 2.22. The summed E-state index contributed by atoms with van der Waals surface area (Å²) in [6.07, 6.45) is 2.21. The van der Waals surface area contributed by atoms with E-state index in [-0.39, 0.29) is 23.4 Å². The fraction of sp³-hybridized carbons (Fsp3) is 0.571. The van der Waals surface area contributed by atoms with Crippen LogP contribution < -0.4 is 16.0 Å². The second-order valence-electron chi connectivity index (χ2n) is 7.41. The molecule has 1 saturated heterocycles. The Morgan fingerprint density at radius 3 is 2.45 bits per heavy atom. The molecule has 2 amide bonds. The van der Waals surface area contributed by atoms with Crippen molar-refractivity contribution in [1.82, 2.24) is 20.9 Å². The number of amides is 2. The van der Waals surface area contributed by atoms with E-state index in [1.54, 1.807) is 6.07 Å². The topological polar surface area (TPSA) is 73.5 Å². The van der Waals surface area contributed by atoms with Gasteiger partial charge in [0.25, 0.3) is 5.91 Å². The molecule has 1 fully saturated rings. The summed E-state index contributed by atoms with van der Waals surface area (Å²) in [5, 5.41) is 9.59. The van der Waals surface area contributed by atoms with E-state index in [9.17, 15) is 14.0 Å². The molecule has 1 aromatic rings. The number of rotatable bonds is 7. The monoisotopic (exact) mass is 422 g/mol. The van der Waals surface area contributed by atoms with Gasteiger partial charge in [0.05, 0.1) is 5.56 Å². The molecule has 0 aliphatic carbocycles. The van der Waals surface area contributed by atoms with E-state index in [0.29, 0.717) is 31.0 Å². The third-order valence-electron chi connectivity index (χ3n) is 5.31. The molecule has 1 aromatic carbocycles. The summed E-state index contributed by atoms with van der Waals surface area (Å²) in [5.41, 5.74) is -0.0559. The first-order valence-corrected chi connectivity index (χ1v) is 10.7. The highest BCUT2D eigenvalue weighted by molar-refractivity contribution is 7.80. The van der Waals surface area contributed by atoms with E-state index < -0.39 is 17.8 Å². The maximum Gasteiger partial charge on any atom is 0.254 e. The smallest absolute Gasteiger partial charge is 0.254 e. The van der Waals surface area contributed by atoms with Gasteiger partial charge in [-0.1, -0.05) is 19.1 Å². The molecule has 0 spiro atoms. The Morgan fingerprint density at radius 2 is 1.86 bits per heavy atom. The molecule has 2 rings (SSSR count). The van der Waals surface area contributed by atoms with Crippen LogP contribution in [0.1, 0.15) is 50.4 Å². The van der Waals surface area contributed by atoms with Crippen LogP contribution in [-0.2, 0) is 4.79 Å². The summed E-state index contributed by atoms with van der Waals surface area (Å²) in [6.45, 7) is 8.07. The Morgan fingerprint density at radius 1 is 1.21 bits per heavy atom. The molecular weight excluding hydrogens is 391 g/mol. The number of carbonyl (C=O) groups is 2. The number of benzene rings is 1. The van der Waals surface area contributed by atoms with Crippen molar-refractivity contribution in [3.8, 4) is 0 Å². The average Bonchev–Trinajstić information content (AvgIpc) is 2.72. The summed E-state index contributed by atoms with van der Waals surface area (Å²) in [4.78, 5) is 27.7. The number of thiocarbonyl (C=S) groups is 1. The Kier molecular flexibility index (Phi) is 8.82. The molecule has 1 aliphatic heterocycles. The Balaban J connectivity index is 2.11. The molecule has 29 heavy (non-hydrogen) atoms. The minimum atomic E-state index is -0.717. The molecule has 1 heterocycles. The predicted octanol–water partition coefficient (Wildman–Crippen LogP) is 2.45. The molecule has 6 nitrogen and oxygen atoms in total. The Labute approximate surface area is 177 Å². The highest BCUT2D eigenvalue weighted by atomic mass is 32.1. The van der Waals surface area contributed by atoms with Gasteiger partial charge in [0.1, 0.15) is 11.9 Å². The predicted molar refractivity (Wildman–Crippen MR) is 116 cm³/mol. The molecule has 0 bridgehead atoms. The van der Waals surface area contributed by atoms with Gasteiger partial charge in [0, 0.05) is 25.7 Å². The number of hydrogen-bond acceptors (Lipinski definition) is 3. The minimum Gasteiger partial charge on any atom is -0.363 e. The van der Waals surface area contributed by atoms with Crippen molar-refractivity contribution in [2.75, 3.05) is 19.6 Å². The fourth-order valence-corrected chi connectivity index (χ4v) is 3.72. The number of nitrogens with one attached hydrogen (secondary N) is 3. The highest BCUT2D eigenvalue weighted by Gasteiger charge is 2.34. The summed E-state index contributed by atoms with van der Waals surface area (Å²) < 4.78 is 14.0. The van der Waals surface area contributed by atoms with E-state index in [0.717, 1.165) is 13.0 Å². The van der Waals surface area contributed by atoms with Gasteiger partial charge in [-0.25, -0.2) is 4.39 Å². The number of likely N-dealkylation sites (tertiary alicyclic amines) is 1. The van der Waals surface area contributed by atoms with Gasteiger partial charge in [0.2, 0.25) is 5.91 Å². The molecular formula is C21H31FN4O2S. The van der Waals surface area contributed by atoms with Gasteiger partial charge < -0.3 is 20.9 Å². The molecule has 0 radical (unpaired) electrons. The zero-order valence-corrected chi connectivity index (χ0v) is 18.2. The second kappa shape index (κ2) is 11.1. The lowest BCUT2D eigenvalue weighted by Crippen LogP contribution is -2.55. The van der Waals surface area contributed by atoms with Crippen molar-refractivity contribution in [2.24, 2.45) is 5.92 Å². The van der Waals surface area contributed by atoms with Crippen LogP contribution in [0.15, 0.2) is 24.3 Å². The summed E-state index contributed by atoms with van der Waals surface area (Å²) >= 11 is 5.37. The van der Waals surface area contributed by atoms with Gasteiger partial charge in [-0.15, -0.1) is 0 Å². The van der Waals surface area contributed by atoms with Crippen LogP contribution in [0.2, 0.25) is 0 Å². The van der Waals surface area contributed by atoms with Crippen molar-refractivity contribution in [3.05, 3.63) is 35.6 Å². The molecule has 1 aliphatic rings. The van der Waals surface area contributed by atoms with Gasteiger partial charge >= 0.3 is 0 Å². The molecule has 2 atom stereocenters. The number of carbonyl (C=O) groups excluding carboxylic acids is 2. The van der Waals surface area contributed by atoms with Gasteiger partial charge in [-0.3, -0.25) is 9.59 Å². The SMILES string of the molecule is CCNC(=S)N1CCC([C@@H](NC(=O)c2ccccc2F)C(=O)N[C@H](C)CC)CC1. The van der Waals surface area contributed by atoms with E-state index in [1.165, 1.54) is 18.2 Å². The second-order valence-corrected chi connectivity index (χ2v) is 7.80.